The lowest BCUT2D eigenvalue weighted by atomic mass is 10.1. The van der Waals surface area contributed by atoms with Gasteiger partial charge in [0, 0.05) is 18.2 Å². The van der Waals surface area contributed by atoms with E-state index in [9.17, 15) is 9.18 Å². The van der Waals surface area contributed by atoms with E-state index in [0.717, 1.165) is 25.1 Å². The fraction of sp³-hybridized carbons (Fsp3) is 0.278. The number of benzene rings is 2. The van der Waals surface area contributed by atoms with Crippen LogP contribution in [0.4, 0.5) is 4.39 Å². The molecule has 1 aliphatic heterocycles. The third-order valence-corrected chi connectivity index (χ3v) is 4.51. The molecule has 0 aliphatic carbocycles. The summed E-state index contributed by atoms with van der Waals surface area (Å²) in [5, 5.41) is 6.23. The first-order valence-corrected chi connectivity index (χ1v) is 8.60. The van der Waals surface area contributed by atoms with Crippen molar-refractivity contribution >= 4 is 21.8 Å². The summed E-state index contributed by atoms with van der Waals surface area (Å²) in [6, 6.07) is 13.5. The van der Waals surface area contributed by atoms with E-state index >= 15 is 0 Å². The molecule has 0 aromatic heterocycles. The van der Waals surface area contributed by atoms with Crippen LogP contribution >= 0.6 is 15.9 Å². The molecule has 1 amide bonds. The molecule has 0 bridgehead atoms. The van der Waals surface area contributed by atoms with Crippen molar-refractivity contribution in [3.8, 4) is 5.75 Å². The largest absolute Gasteiger partial charge is 0.475 e. The molecule has 6 heteroatoms. The third-order valence-electron chi connectivity index (χ3n) is 3.89. The van der Waals surface area contributed by atoms with Crippen molar-refractivity contribution in [1.29, 1.82) is 0 Å². The summed E-state index contributed by atoms with van der Waals surface area (Å²) < 4.78 is 19.6. The molecular weight excluding hydrogens is 375 g/mol. The summed E-state index contributed by atoms with van der Waals surface area (Å²) in [6.07, 6.45) is 0.0987. The van der Waals surface area contributed by atoms with Crippen LogP contribution in [0.3, 0.4) is 0 Å². The third kappa shape index (κ3) is 4.13. The van der Waals surface area contributed by atoms with E-state index in [-0.39, 0.29) is 17.8 Å². The lowest BCUT2D eigenvalue weighted by Gasteiger charge is -2.22. The first-order chi connectivity index (χ1) is 11.6. The number of halogens is 2. The fourth-order valence-electron chi connectivity index (χ4n) is 2.65. The molecule has 1 aliphatic rings. The minimum atomic E-state index is -0.798. The van der Waals surface area contributed by atoms with E-state index in [4.69, 9.17) is 4.74 Å². The van der Waals surface area contributed by atoms with Crippen LogP contribution in [0.15, 0.2) is 53.0 Å². The zero-order chi connectivity index (χ0) is 16.9. The van der Waals surface area contributed by atoms with Gasteiger partial charge in [-0.15, -0.1) is 0 Å². The van der Waals surface area contributed by atoms with E-state index in [1.807, 2.05) is 30.3 Å². The van der Waals surface area contributed by atoms with E-state index < -0.39 is 6.10 Å². The smallest absolute Gasteiger partial charge is 0.266 e. The van der Waals surface area contributed by atoms with Crippen LogP contribution in [0.25, 0.3) is 0 Å². The average Bonchev–Trinajstić information content (AvgIpc) is 3.08. The standard InChI is InChI=1S/C18H18BrFN2O2/c19-15-10-13(20)6-7-16(15)24-17(12-4-2-1-3-5-12)18(23)22-14-8-9-21-11-14/h1-7,10,14,17,21H,8-9,11H2,(H,22,23). The molecule has 126 valence electrons. The number of amides is 1. The van der Waals surface area contributed by atoms with Gasteiger partial charge >= 0.3 is 0 Å². The molecule has 1 heterocycles. The van der Waals surface area contributed by atoms with Gasteiger partial charge in [-0.1, -0.05) is 30.3 Å². The molecule has 2 atom stereocenters. The lowest BCUT2D eigenvalue weighted by molar-refractivity contribution is -0.128. The Labute approximate surface area is 148 Å². The second-order valence-corrected chi connectivity index (χ2v) is 6.54. The molecule has 3 rings (SSSR count). The minimum Gasteiger partial charge on any atom is -0.475 e. The predicted molar refractivity (Wildman–Crippen MR) is 93.3 cm³/mol. The van der Waals surface area contributed by atoms with Gasteiger partial charge in [-0.2, -0.15) is 0 Å². The first kappa shape index (κ1) is 16.9. The van der Waals surface area contributed by atoms with E-state index in [2.05, 4.69) is 26.6 Å². The summed E-state index contributed by atoms with van der Waals surface area (Å²) in [6.45, 7) is 1.65. The van der Waals surface area contributed by atoms with Crippen molar-refractivity contribution in [3.05, 3.63) is 64.4 Å². The Balaban J connectivity index is 1.82. The zero-order valence-electron chi connectivity index (χ0n) is 13.0. The predicted octanol–water partition coefficient (Wildman–Crippen LogP) is 3.19. The molecule has 0 saturated carbocycles. The second-order valence-electron chi connectivity index (χ2n) is 5.68. The SMILES string of the molecule is O=C(NC1CCNC1)C(Oc1ccc(F)cc1Br)c1ccccc1. The Bertz CT molecular complexity index is 705. The van der Waals surface area contributed by atoms with Crippen LogP contribution in [0.2, 0.25) is 0 Å². The van der Waals surface area contributed by atoms with Gasteiger partial charge in [0.25, 0.3) is 5.91 Å². The average molecular weight is 393 g/mol. The fourth-order valence-corrected chi connectivity index (χ4v) is 3.10. The van der Waals surface area contributed by atoms with Gasteiger partial charge in [0.05, 0.1) is 4.47 Å². The number of nitrogens with one attached hydrogen (secondary N) is 2. The number of hydrogen-bond donors (Lipinski definition) is 2. The highest BCUT2D eigenvalue weighted by Crippen LogP contribution is 2.30. The Hall–Kier alpha value is -1.92. The van der Waals surface area contributed by atoms with Gasteiger partial charge in [0.2, 0.25) is 6.10 Å². The maximum atomic E-state index is 13.3. The monoisotopic (exact) mass is 392 g/mol. The van der Waals surface area contributed by atoms with E-state index in [1.54, 1.807) is 0 Å². The highest BCUT2D eigenvalue weighted by molar-refractivity contribution is 9.10. The molecule has 0 spiro atoms. The van der Waals surface area contributed by atoms with Gasteiger partial charge in [-0.05, 0) is 47.1 Å². The van der Waals surface area contributed by atoms with Crippen molar-refractivity contribution in [2.24, 2.45) is 0 Å². The molecule has 2 aromatic carbocycles. The summed E-state index contributed by atoms with van der Waals surface area (Å²) in [5.74, 6) is -0.150. The second kappa shape index (κ2) is 7.77. The van der Waals surface area contributed by atoms with Crippen molar-refractivity contribution in [1.82, 2.24) is 10.6 Å². The molecule has 24 heavy (non-hydrogen) atoms. The van der Waals surface area contributed by atoms with Crippen LogP contribution in [0.5, 0.6) is 5.75 Å². The number of ether oxygens (including phenoxy) is 1. The summed E-state index contributed by atoms with van der Waals surface area (Å²) in [4.78, 5) is 12.7. The topological polar surface area (TPSA) is 50.4 Å². The molecule has 1 saturated heterocycles. The Morgan fingerprint density at radius 3 is 2.75 bits per heavy atom. The zero-order valence-corrected chi connectivity index (χ0v) is 14.6. The van der Waals surface area contributed by atoms with Crippen LogP contribution in [0, 0.1) is 5.82 Å². The Morgan fingerprint density at radius 1 is 1.29 bits per heavy atom. The maximum Gasteiger partial charge on any atom is 0.266 e. The van der Waals surface area contributed by atoms with Crippen molar-refractivity contribution in [2.45, 2.75) is 18.6 Å². The summed E-state index contributed by atoms with van der Waals surface area (Å²) in [5.41, 5.74) is 0.747. The molecular formula is C18H18BrFN2O2. The number of hydrogen-bond acceptors (Lipinski definition) is 3. The number of carbonyl (C=O) groups excluding carboxylic acids is 1. The molecule has 4 nitrogen and oxygen atoms in total. The van der Waals surface area contributed by atoms with Gasteiger partial charge in [0.1, 0.15) is 11.6 Å². The molecule has 0 radical (unpaired) electrons. The minimum absolute atomic E-state index is 0.101. The summed E-state index contributed by atoms with van der Waals surface area (Å²) in [7, 11) is 0. The highest BCUT2D eigenvalue weighted by atomic mass is 79.9. The van der Waals surface area contributed by atoms with E-state index in [1.165, 1.54) is 18.2 Å². The van der Waals surface area contributed by atoms with Crippen molar-refractivity contribution in [3.63, 3.8) is 0 Å². The van der Waals surface area contributed by atoms with Gasteiger partial charge in [0.15, 0.2) is 0 Å². The maximum absolute atomic E-state index is 13.3. The van der Waals surface area contributed by atoms with Crippen molar-refractivity contribution in [2.75, 3.05) is 13.1 Å². The lowest BCUT2D eigenvalue weighted by Crippen LogP contribution is -2.40. The molecule has 2 aromatic rings. The van der Waals surface area contributed by atoms with E-state index in [0.29, 0.717) is 10.2 Å². The van der Waals surface area contributed by atoms with Crippen LogP contribution in [-0.2, 0) is 4.79 Å². The van der Waals surface area contributed by atoms with Gasteiger partial charge in [-0.25, -0.2) is 4.39 Å². The van der Waals surface area contributed by atoms with Gasteiger partial charge in [-0.3, -0.25) is 4.79 Å². The quantitative estimate of drug-likeness (QED) is 0.821. The summed E-state index contributed by atoms with van der Waals surface area (Å²) >= 11 is 3.28. The molecule has 1 fully saturated rings. The number of carbonyl (C=O) groups is 1. The number of rotatable bonds is 5. The Morgan fingerprint density at radius 2 is 2.08 bits per heavy atom. The normalized spacial score (nSPS) is 18.2. The Kier molecular flexibility index (Phi) is 5.48. The van der Waals surface area contributed by atoms with Crippen molar-refractivity contribution < 1.29 is 13.9 Å². The van der Waals surface area contributed by atoms with Crippen LogP contribution < -0.4 is 15.4 Å². The highest BCUT2D eigenvalue weighted by Gasteiger charge is 2.27. The van der Waals surface area contributed by atoms with Crippen LogP contribution in [-0.4, -0.2) is 25.0 Å². The molecule has 2 unspecified atom stereocenters. The first-order valence-electron chi connectivity index (χ1n) is 7.81. The van der Waals surface area contributed by atoms with Crippen LogP contribution in [0.1, 0.15) is 18.1 Å². The van der Waals surface area contributed by atoms with Gasteiger partial charge < -0.3 is 15.4 Å². The molecule has 2 N–H and O–H groups in total.